The summed E-state index contributed by atoms with van der Waals surface area (Å²) in [5.41, 5.74) is 5.61. The molecule has 2 nitrogen and oxygen atoms in total. The Labute approximate surface area is 97.7 Å². The summed E-state index contributed by atoms with van der Waals surface area (Å²) in [6, 6.07) is 4.64. The van der Waals surface area contributed by atoms with Crippen molar-refractivity contribution in [1.82, 2.24) is 5.43 Å². The molecular weight excluding hydrogens is 224 g/mol. The van der Waals surface area contributed by atoms with Gasteiger partial charge in [0.1, 0.15) is 0 Å². The molecule has 80 valence electrons. The molecule has 0 unspecified atom stereocenters. The fourth-order valence-electron chi connectivity index (χ4n) is 1.58. The van der Waals surface area contributed by atoms with Crippen LogP contribution in [0.5, 0.6) is 0 Å². The van der Waals surface area contributed by atoms with Crippen LogP contribution < -0.4 is 11.3 Å². The van der Waals surface area contributed by atoms with Crippen LogP contribution in [0.2, 0.25) is 0 Å². The van der Waals surface area contributed by atoms with Gasteiger partial charge in [-0.1, -0.05) is 0 Å². The summed E-state index contributed by atoms with van der Waals surface area (Å²) in [6.45, 7) is 0. The number of hydrazine groups is 1. The molecule has 0 aliphatic heterocycles. The Hall–Kier alpha value is -0.680. The van der Waals surface area contributed by atoms with Crippen molar-refractivity contribution < 1.29 is 0 Å². The van der Waals surface area contributed by atoms with Crippen LogP contribution in [0.3, 0.4) is 0 Å². The quantitative estimate of drug-likeness (QED) is 0.620. The Morgan fingerprint density at radius 1 is 1.07 bits per heavy atom. The van der Waals surface area contributed by atoms with Gasteiger partial charge >= 0.3 is 0 Å². The first kappa shape index (κ1) is 10.8. The summed E-state index contributed by atoms with van der Waals surface area (Å²) in [6.07, 6.45) is 1.99. The molecule has 0 radical (unpaired) electrons. The zero-order valence-electron chi connectivity index (χ0n) is 8.35. The van der Waals surface area contributed by atoms with E-state index in [-0.39, 0.29) is 0 Å². The van der Waals surface area contributed by atoms with Crippen molar-refractivity contribution in [3.05, 3.63) is 44.8 Å². The third kappa shape index (κ3) is 3.14. The average Bonchev–Trinajstić information content (AvgIpc) is 2.89. The van der Waals surface area contributed by atoms with Gasteiger partial charge in [0.2, 0.25) is 0 Å². The Bertz CT molecular complexity index is 331. The predicted octanol–water partition coefficient (Wildman–Crippen LogP) is 2.43. The largest absolute Gasteiger partial charge is 0.271 e. The molecule has 0 spiro atoms. The number of thiophene rings is 2. The van der Waals surface area contributed by atoms with E-state index in [4.69, 9.17) is 5.84 Å². The first-order valence-electron chi connectivity index (χ1n) is 4.87. The van der Waals surface area contributed by atoms with Crippen molar-refractivity contribution in [3.63, 3.8) is 0 Å². The summed E-state index contributed by atoms with van der Waals surface area (Å²) < 4.78 is 0. The van der Waals surface area contributed by atoms with Crippen LogP contribution in [0.25, 0.3) is 0 Å². The zero-order valence-corrected chi connectivity index (χ0v) is 9.98. The third-order valence-corrected chi connectivity index (χ3v) is 3.82. The van der Waals surface area contributed by atoms with Crippen molar-refractivity contribution in [2.45, 2.75) is 18.9 Å². The summed E-state index contributed by atoms with van der Waals surface area (Å²) >= 11 is 3.47. The molecule has 2 aromatic heterocycles. The van der Waals surface area contributed by atoms with Gasteiger partial charge < -0.3 is 0 Å². The van der Waals surface area contributed by atoms with Gasteiger partial charge in [0, 0.05) is 6.04 Å². The monoisotopic (exact) mass is 238 g/mol. The van der Waals surface area contributed by atoms with Crippen LogP contribution in [0.15, 0.2) is 33.7 Å². The van der Waals surface area contributed by atoms with Crippen LogP contribution in [0.1, 0.15) is 11.1 Å². The van der Waals surface area contributed by atoms with E-state index in [1.54, 1.807) is 22.7 Å². The lowest BCUT2D eigenvalue weighted by atomic mass is 10.0. The summed E-state index contributed by atoms with van der Waals surface area (Å²) in [7, 11) is 0. The molecule has 2 rings (SSSR count). The van der Waals surface area contributed by atoms with E-state index in [9.17, 15) is 0 Å². The molecule has 0 aliphatic carbocycles. The van der Waals surface area contributed by atoms with E-state index in [1.807, 2.05) is 0 Å². The number of nitrogens with one attached hydrogen (secondary N) is 1. The lowest BCUT2D eigenvalue weighted by molar-refractivity contribution is 0.523. The van der Waals surface area contributed by atoms with E-state index in [2.05, 4.69) is 39.1 Å². The molecule has 0 aliphatic rings. The topological polar surface area (TPSA) is 38.0 Å². The van der Waals surface area contributed by atoms with Crippen molar-refractivity contribution in [1.29, 1.82) is 0 Å². The number of rotatable bonds is 5. The molecule has 0 amide bonds. The second kappa shape index (κ2) is 5.42. The van der Waals surface area contributed by atoms with Crippen LogP contribution in [-0.4, -0.2) is 6.04 Å². The standard InChI is InChI=1S/C11H14N2S2/c12-13-11(5-9-1-3-14-7-9)6-10-2-4-15-8-10/h1-4,7-8,11,13H,5-6,12H2. The van der Waals surface area contributed by atoms with E-state index in [1.165, 1.54) is 11.1 Å². The van der Waals surface area contributed by atoms with Crippen molar-refractivity contribution in [3.8, 4) is 0 Å². The molecule has 0 fully saturated rings. The molecule has 0 bridgehead atoms. The maximum Gasteiger partial charge on any atom is 0.0291 e. The number of hydrogen-bond donors (Lipinski definition) is 2. The highest BCUT2D eigenvalue weighted by molar-refractivity contribution is 7.08. The molecule has 0 saturated carbocycles. The van der Waals surface area contributed by atoms with Gasteiger partial charge in [-0.25, -0.2) is 0 Å². The molecule has 0 saturated heterocycles. The Kier molecular flexibility index (Phi) is 3.91. The Morgan fingerprint density at radius 2 is 1.60 bits per heavy atom. The maximum absolute atomic E-state index is 5.56. The van der Waals surface area contributed by atoms with Crippen molar-refractivity contribution in [2.24, 2.45) is 5.84 Å². The summed E-state index contributed by atoms with van der Waals surface area (Å²) in [5.74, 6) is 5.56. The van der Waals surface area contributed by atoms with Crippen molar-refractivity contribution in [2.75, 3.05) is 0 Å². The van der Waals surface area contributed by atoms with Crippen LogP contribution in [0, 0.1) is 0 Å². The second-order valence-electron chi connectivity index (χ2n) is 3.54. The van der Waals surface area contributed by atoms with Gasteiger partial charge in [-0.05, 0) is 57.6 Å². The van der Waals surface area contributed by atoms with E-state index in [0.717, 1.165) is 12.8 Å². The molecule has 4 heteroatoms. The average molecular weight is 238 g/mol. The van der Waals surface area contributed by atoms with Crippen LogP contribution in [0.4, 0.5) is 0 Å². The molecule has 15 heavy (non-hydrogen) atoms. The zero-order chi connectivity index (χ0) is 10.5. The first-order valence-corrected chi connectivity index (χ1v) is 6.75. The SMILES string of the molecule is NNC(Cc1ccsc1)Cc1ccsc1. The third-order valence-electron chi connectivity index (χ3n) is 2.36. The lowest BCUT2D eigenvalue weighted by Crippen LogP contribution is -2.38. The predicted molar refractivity (Wildman–Crippen MR) is 67.2 cm³/mol. The van der Waals surface area contributed by atoms with Gasteiger partial charge in [0.05, 0.1) is 0 Å². The minimum Gasteiger partial charge on any atom is -0.271 e. The highest BCUT2D eigenvalue weighted by Crippen LogP contribution is 2.13. The van der Waals surface area contributed by atoms with Gasteiger partial charge in [-0.2, -0.15) is 22.7 Å². The Balaban J connectivity index is 1.93. The fourth-order valence-corrected chi connectivity index (χ4v) is 2.94. The molecular formula is C11H14N2S2. The molecule has 2 heterocycles. The smallest absolute Gasteiger partial charge is 0.0291 e. The van der Waals surface area contributed by atoms with Gasteiger partial charge in [0.25, 0.3) is 0 Å². The second-order valence-corrected chi connectivity index (χ2v) is 5.10. The molecule has 0 atom stereocenters. The van der Waals surface area contributed by atoms with Gasteiger partial charge in [-0.3, -0.25) is 11.3 Å². The minimum atomic E-state index is 0.328. The highest BCUT2D eigenvalue weighted by atomic mass is 32.1. The van der Waals surface area contributed by atoms with E-state index < -0.39 is 0 Å². The molecule has 0 aromatic carbocycles. The van der Waals surface area contributed by atoms with Gasteiger partial charge in [-0.15, -0.1) is 0 Å². The van der Waals surface area contributed by atoms with E-state index in [0.29, 0.717) is 6.04 Å². The first-order chi connectivity index (χ1) is 7.38. The maximum atomic E-state index is 5.56. The molecule has 3 N–H and O–H groups in total. The van der Waals surface area contributed by atoms with E-state index >= 15 is 0 Å². The molecule has 2 aromatic rings. The van der Waals surface area contributed by atoms with Crippen LogP contribution in [-0.2, 0) is 12.8 Å². The lowest BCUT2D eigenvalue weighted by Gasteiger charge is -2.14. The summed E-state index contributed by atoms with van der Waals surface area (Å²) in [4.78, 5) is 0. The Morgan fingerprint density at radius 3 is 1.93 bits per heavy atom. The number of nitrogens with two attached hydrogens (primary N) is 1. The number of hydrogen-bond acceptors (Lipinski definition) is 4. The fraction of sp³-hybridized carbons (Fsp3) is 0.273. The minimum absolute atomic E-state index is 0.328. The summed E-state index contributed by atoms with van der Waals surface area (Å²) in [5, 5.41) is 8.57. The van der Waals surface area contributed by atoms with Gasteiger partial charge in [0.15, 0.2) is 0 Å². The van der Waals surface area contributed by atoms with Crippen molar-refractivity contribution >= 4 is 22.7 Å². The highest BCUT2D eigenvalue weighted by Gasteiger charge is 2.09. The van der Waals surface area contributed by atoms with Crippen LogP contribution >= 0.6 is 22.7 Å². The normalized spacial score (nSPS) is 11.1.